The number of hydrogen-bond donors (Lipinski definition) is 0. The van der Waals surface area contributed by atoms with Gasteiger partial charge in [0.25, 0.3) is 0 Å². The molecule has 1 aliphatic rings. The Morgan fingerprint density at radius 3 is 2.40 bits per heavy atom. The molecule has 0 bridgehead atoms. The Morgan fingerprint density at radius 1 is 1.60 bits per heavy atom. The van der Waals surface area contributed by atoms with Gasteiger partial charge in [-0.25, -0.2) is 0 Å². The van der Waals surface area contributed by atoms with Gasteiger partial charge in [-0.15, -0.1) is 0 Å². The van der Waals surface area contributed by atoms with Crippen molar-refractivity contribution in [3.05, 3.63) is 0 Å². The van der Waals surface area contributed by atoms with Crippen molar-refractivity contribution in [2.45, 2.75) is 5.92 Å². The number of halogens is 2. The van der Waals surface area contributed by atoms with Crippen LogP contribution in [0.4, 0.5) is 8.78 Å². The summed E-state index contributed by atoms with van der Waals surface area (Å²) in [4.78, 5) is 11.6. The number of aldehydes is 1. The Bertz CT molecular complexity index is 143. The van der Waals surface area contributed by atoms with Crippen molar-refractivity contribution in [2.75, 3.05) is 20.1 Å². The number of carbonyl (C=O) groups is 1. The third-order valence-electron chi connectivity index (χ3n) is 1.77. The van der Waals surface area contributed by atoms with E-state index in [-0.39, 0.29) is 6.29 Å². The van der Waals surface area contributed by atoms with Crippen molar-refractivity contribution in [3.8, 4) is 0 Å². The number of rotatable bonds is 2. The van der Waals surface area contributed by atoms with Gasteiger partial charge in [-0.2, -0.15) is 8.78 Å². The predicted molar refractivity (Wildman–Crippen MR) is 32.0 cm³/mol. The van der Waals surface area contributed by atoms with Gasteiger partial charge in [0.15, 0.2) is 6.29 Å². The average molecular weight is 149 g/mol. The molecule has 1 fully saturated rings. The summed E-state index contributed by atoms with van der Waals surface area (Å²) in [6, 6.07) is 0. The van der Waals surface area contributed by atoms with E-state index in [1.807, 2.05) is 0 Å². The molecule has 2 nitrogen and oxygen atoms in total. The molecule has 1 heterocycles. The summed E-state index contributed by atoms with van der Waals surface area (Å²) in [6.45, 7) is 0.650. The Labute approximate surface area is 57.8 Å². The maximum atomic E-state index is 12.4. The fourth-order valence-electron chi connectivity index (χ4n) is 1.04. The molecule has 0 aromatic heterocycles. The van der Waals surface area contributed by atoms with E-state index in [4.69, 9.17) is 0 Å². The van der Waals surface area contributed by atoms with Gasteiger partial charge in [-0.1, -0.05) is 0 Å². The zero-order chi connectivity index (χ0) is 7.78. The van der Waals surface area contributed by atoms with Crippen molar-refractivity contribution < 1.29 is 13.6 Å². The normalized spacial score (nSPS) is 22.3. The molecule has 0 atom stereocenters. The maximum absolute atomic E-state index is 12.4. The molecule has 4 heteroatoms. The smallest absolute Gasteiger partial charge is 0.305 e. The van der Waals surface area contributed by atoms with Crippen LogP contribution in [0.2, 0.25) is 0 Å². The Morgan fingerprint density at radius 2 is 2.10 bits per heavy atom. The topological polar surface area (TPSA) is 20.3 Å². The molecule has 0 aromatic carbocycles. The highest BCUT2D eigenvalue weighted by Crippen LogP contribution is 2.29. The lowest BCUT2D eigenvalue weighted by Gasteiger charge is -2.38. The number of carbonyl (C=O) groups excluding carboxylic acids is 1. The number of alkyl halides is 2. The van der Waals surface area contributed by atoms with Crippen LogP contribution in [0.15, 0.2) is 0 Å². The van der Waals surface area contributed by atoms with E-state index in [9.17, 15) is 13.6 Å². The summed E-state index contributed by atoms with van der Waals surface area (Å²) in [5.74, 6) is -3.86. The second-order valence-corrected chi connectivity index (χ2v) is 2.71. The molecule has 0 aromatic rings. The monoisotopic (exact) mass is 149 g/mol. The molecule has 1 saturated heterocycles. The fourth-order valence-corrected chi connectivity index (χ4v) is 1.04. The Balaban J connectivity index is 2.43. The van der Waals surface area contributed by atoms with Crippen LogP contribution in [0, 0.1) is 5.92 Å². The lowest BCUT2D eigenvalue weighted by Crippen LogP contribution is -2.53. The number of hydrogen-bond acceptors (Lipinski definition) is 2. The van der Waals surface area contributed by atoms with Crippen molar-refractivity contribution in [1.29, 1.82) is 0 Å². The minimum atomic E-state index is -3.10. The molecule has 0 radical (unpaired) electrons. The second-order valence-electron chi connectivity index (χ2n) is 2.71. The molecule has 0 spiro atoms. The molecule has 58 valence electrons. The van der Waals surface area contributed by atoms with Crippen LogP contribution in [-0.2, 0) is 4.79 Å². The molecule has 1 rings (SSSR count). The highest BCUT2D eigenvalue weighted by atomic mass is 19.3. The molecule has 1 aliphatic heterocycles. The third kappa shape index (κ3) is 1.16. The van der Waals surface area contributed by atoms with E-state index < -0.39 is 11.8 Å². The molecule has 0 amide bonds. The van der Waals surface area contributed by atoms with Crippen LogP contribution >= 0.6 is 0 Å². The first-order valence-corrected chi connectivity index (χ1v) is 3.09. The van der Waals surface area contributed by atoms with Gasteiger partial charge >= 0.3 is 5.92 Å². The third-order valence-corrected chi connectivity index (χ3v) is 1.77. The maximum Gasteiger partial charge on any atom is 0.307 e. The van der Waals surface area contributed by atoms with Gasteiger partial charge in [0.05, 0.1) is 5.92 Å². The average Bonchev–Trinajstić information content (AvgIpc) is 1.81. The van der Waals surface area contributed by atoms with Gasteiger partial charge in [-0.3, -0.25) is 4.79 Å². The van der Waals surface area contributed by atoms with Gasteiger partial charge in [-0.05, 0) is 7.05 Å². The van der Waals surface area contributed by atoms with E-state index in [1.165, 1.54) is 0 Å². The summed E-state index contributed by atoms with van der Waals surface area (Å²) in [7, 11) is 1.75. The largest absolute Gasteiger partial charge is 0.307 e. The summed E-state index contributed by atoms with van der Waals surface area (Å²) < 4.78 is 24.8. The van der Waals surface area contributed by atoms with Crippen LogP contribution < -0.4 is 0 Å². The van der Waals surface area contributed by atoms with Crippen molar-refractivity contribution in [3.63, 3.8) is 0 Å². The van der Waals surface area contributed by atoms with E-state index in [0.717, 1.165) is 0 Å². The quantitative estimate of drug-likeness (QED) is 0.529. The Kier molecular flexibility index (Phi) is 1.72. The summed E-state index contributed by atoms with van der Waals surface area (Å²) in [5.41, 5.74) is 0. The lowest BCUT2D eigenvalue weighted by molar-refractivity contribution is -0.147. The minimum absolute atomic E-state index is 0.259. The summed E-state index contributed by atoms with van der Waals surface area (Å²) >= 11 is 0. The Hall–Kier alpha value is -0.510. The van der Waals surface area contributed by atoms with E-state index in [2.05, 4.69) is 0 Å². The van der Waals surface area contributed by atoms with Crippen LogP contribution in [0.25, 0.3) is 0 Å². The van der Waals surface area contributed by atoms with Gasteiger partial charge in [0, 0.05) is 13.1 Å². The van der Waals surface area contributed by atoms with Crippen molar-refractivity contribution in [2.24, 2.45) is 5.92 Å². The molecule has 0 aliphatic carbocycles. The summed E-state index contributed by atoms with van der Waals surface area (Å²) in [6.07, 6.45) is -0.259. The minimum Gasteiger partial charge on any atom is -0.305 e. The van der Waals surface area contributed by atoms with E-state index >= 15 is 0 Å². The molecular weight excluding hydrogens is 140 g/mol. The van der Waals surface area contributed by atoms with E-state index in [1.54, 1.807) is 11.9 Å². The number of likely N-dealkylation sites (tertiary alicyclic amines) is 1. The van der Waals surface area contributed by atoms with Crippen LogP contribution in [-0.4, -0.2) is 37.2 Å². The lowest BCUT2D eigenvalue weighted by atomic mass is 9.94. The summed E-state index contributed by atoms with van der Waals surface area (Å²) in [5, 5.41) is 0. The van der Waals surface area contributed by atoms with E-state index in [0.29, 0.717) is 13.1 Å². The second kappa shape index (κ2) is 2.27. The van der Waals surface area contributed by atoms with Crippen LogP contribution in [0.3, 0.4) is 0 Å². The highest BCUT2D eigenvalue weighted by Gasteiger charge is 2.45. The van der Waals surface area contributed by atoms with Crippen LogP contribution in [0.5, 0.6) is 0 Å². The molecule has 0 unspecified atom stereocenters. The van der Waals surface area contributed by atoms with Gasteiger partial charge < -0.3 is 4.90 Å². The SMILES string of the molecule is CN1CC(C(F)(F)C=O)C1. The molecule has 0 saturated carbocycles. The van der Waals surface area contributed by atoms with Gasteiger partial charge in [0.1, 0.15) is 0 Å². The predicted octanol–water partition coefficient (Wildman–Crippen LogP) is 0.382. The fraction of sp³-hybridized carbons (Fsp3) is 0.833. The van der Waals surface area contributed by atoms with Gasteiger partial charge in [0.2, 0.25) is 0 Å². The van der Waals surface area contributed by atoms with Crippen LogP contribution in [0.1, 0.15) is 0 Å². The zero-order valence-electron chi connectivity index (χ0n) is 5.68. The first kappa shape index (κ1) is 7.60. The zero-order valence-corrected chi connectivity index (χ0v) is 5.68. The molecule has 10 heavy (non-hydrogen) atoms. The molecule has 0 N–H and O–H groups in total. The highest BCUT2D eigenvalue weighted by molar-refractivity contribution is 5.60. The van der Waals surface area contributed by atoms with Crippen molar-refractivity contribution >= 4 is 6.29 Å². The first-order chi connectivity index (χ1) is 4.56. The molecular formula is C6H9F2NO. The number of nitrogens with zero attached hydrogens (tertiary/aromatic N) is 1. The van der Waals surface area contributed by atoms with Crippen molar-refractivity contribution in [1.82, 2.24) is 4.90 Å². The first-order valence-electron chi connectivity index (χ1n) is 3.09. The standard InChI is InChI=1S/C6H9F2NO/c1-9-2-5(3-9)6(7,8)4-10/h4-5H,2-3H2,1H3.